The van der Waals surface area contributed by atoms with Crippen LogP contribution in [-0.4, -0.2) is 49.3 Å². The molecule has 1 fully saturated rings. The summed E-state index contributed by atoms with van der Waals surface area (Å²) in [6.07, 6.45) is 5.26. The normalized spacial score (nSPS) is 14.4. The number of para-hydroxylation sites is 1. The molecule has 3 aromatic rings. The zero-order valence-electron chi connectivity index (χ0n) is 18.2. The van der Waals surface area contributed by atoms with E-state index < -0.39 is 21.9 Å². The molecule has 0 aliphatic carbocycles. The second-order valence-electron chi connectivity index (χ2n) is 8.06. The summed E-state index contributed by atoms with van der Waals surface area (Å²) in [5, 5.41) is 3.76. The molecule has 0 atom stereocenters. The lowest BCUT2D eigenvalue weighted by Crippen LogP contribution is -2.27. The summed E-state index contributed by atoms with van der Waals surface area (Å²) in [5.41, 5.74) is 2.65. The highest BCUT2D eigenvalue weighted by atomic mass is 32.2. The summed E-state index contributed by atoms with van der Waals surface area (Å²) in [6, 6.07) is 14.0. The lowest BCUT2D eigenvalue weighted by molar-refractivity contribution is -0.147. The Bertz CT molecular complexity index is 1230. The van der Waals surface area contributed by atoms with Crippen LogP contribution in [0.3, 0.4) is 0 Å². The molecule has 1 saturated heterocycles. The smallest absolute Gasteiger partial charge is 0.306 e. The number of aromatic amines is 1. The van der Waals surface area contributed by atoms with Gasteiger partial charge in [-0.25, -0.2) is 8.42 Å². The number of hydrogen-bond acceptors (Lipinski definition) is 5. The lowest BCUT2D eigenvalue weighted by Gasteiger charge is -2.15. The second kappa shape index (κ2) is 10.2. The number of aryl methyl sites for hydroxylation is 1. The maximum Gasteiger partial charge on any atom is 0.306 e. The van der Waals surface area contributed by atoms with Crippen LogP contribution in [-0.2, 0) is 30.8 Å². The van der Waals surface area contributed by atoms with E-state index in [2.05, 4.69) is 10.3 Å². The molecule has 2 aromatic carbocycles. The van der Waals surface area contributed by atoms with Crippen molar-refractivity contribution in [3.8, 4) is 0 Å². The van der Waals surface area contributed by atoms with E-state index in [-0.39, 0.29) is 17.9 Å². The third-order valence-corrected chi connectivity index (χ3v) is 7.62. The molecule has 2 N–H and O–H groups in total. The molecule has 2 heterocycles. The monoisotopic (exact) mass is 469 g/mol. The topological polar surface area (TPSA) is 109 Å². The average Bonchev–Trinajstić information content (AvgIpc) is 3.49. The fraction of sp³-hybridized carbons (Fsp3) is 0.333. The van der Waals surface area contributed by atoms with Gasteiger partial charge >= 0.3 is 5.97 Å². The Morgan fingerprint density at radius 3 is 2.52 bits per heavy atom. The number of benzene rings is 2. The van der Waals surface area contributed by atoms with Gasteiger partial charge in [-0.05, 0) is 61.6 Å². The number of sulfonamides is 1. The highest BCUT2D eigenvalue weighted by Crippen LogP contribution is 2.22. The van der Waals surface area contributed by atoms with E-state index in [0.29, 0.717) is 25.2 Å². The number of ether oxygens (including phenoxy) is 1. The van der Waals surface area contributed by atoms with Crippen molar-refractivity contribution in [3.63, 3.8) is 0 Å². The molecule has 0 radical (unpaired) electrons. The molecule has 9 heteroatoms. The van der Waals surface area contributed by atoms with Gasteiger partial charge in [0.25, 0.3) is 5.91 Å². The van der Waals surface area contributed by atoms with Crippen LogP contribution < -0.4 is 5.32 Å². The largest absolute Gasteiger partial charge is 0.456 e. The third-order valence-electron chi connectivity index (χ3n) is 5.71. The molecule has 1 aromatic heterocycles. The van der Waals surface area contributed by atoms with Gasteiger partial charge < -0.3 is 15.0 Å². The Kier molecular flexibility index (Phi) is 7.10. The zero-order valence-corrected chi connectivity index (χ0v) is 19.1. The minimum atomic E-state index is -3.49. The number of amides is 1. The number of esters is 1. The second-order valence-corrected chi connectivity index (χ2v) is 10.00. The number of anilines is 1. The van der Waals surface area contributed by atoms with Crippen molar-refractivity contribution in [3.05, 3.63) is 60.3 Å². The quantitative estimate of drug-likeness (QED) is 0.467. The van der Waals surface area contributed by atoms with Crippen molar-refractivity contribution in [1.82, 2.24) is 9.29 Å². The first-order chi connectivity index (χ1) is 15.9. The zero-order chi connectivity index (χ0) is 23.3. The van der Waals surface area contributed by atoms with Gasteiger partial charge in [-0.15, -0.1) is 0 Å². The number of nitrogens with one attached hydrogen (secondary N) is 2. The van der Waals surface area contributed by atoms with E-state index >= 15 is 0 Å². The first-order valence-corrected chi connectivity index (χ1v) is 12.5. The van der Waals surface area contributed by atoms with Crippen LogP contribution in [0, 0.1) is 0 Å². The number of carbonyl (C=O) groups is 2. The fourth-order valence-corrected chi connectivity index (χ4v) is 5.48. The van der Waals surface area contributed by atoms with Crippen molar-refractivity contribution in [2.24, 2.45) is 0 Å². The molecule has 1 aliphatic rings. The molecule has 174 valence electrons. The van der Waals surface area contributed by atoms with Gasteiger partial charge in [0.05, 0.1) is 4.90 Å². The molecule has 1 aliphatic heterocycles. The maximum absolute atomic E-state index is 12.6. The van der Waals surface area contributed by atoms with Crippen molar-refractivity contribution in [2.45, 2.75) is 37.0 Å². The van der Waals surface area contributed by atoms with Gasteiger partial charge in [0.2, 0.25) is 10.0 Å². The summed E-state index contributed by atoms with van der Waals surface area (Å²) in [7, 11) is -3.49. The molecule has 0 unspecified atom stereocenters. The van der Waals surface area contributed by atoms with Gasteiger partial charge in [0, 0.05) is 42.3 Å². The molecule has 8 nitrogen and oxygen atoms in total. The van der Waals surface area contributed by atoms with Gasteiger partial charge in [-0.3, -0.25) is 9.59 Å². The highest BCUT2D eigenvalue weighted by molar-refractivity contribution is 7.89. The van der Waals surface area contributed by atoms with Gasteiger partial charge in [-0.1, -0.05) is 18.2 Å². The Morgan fingerprint density at radius 1 is 1.03 bits per heavy atom. The molecule has 0 spiro atoms. The van der Waals surface area contributed by atoms with Crippen LogP contribution >= 0.6 is 0 Å². The van der Waals surface area contributed by atoms with Crippen molar-refractivity contribution in [2.75, 3.05) is 25.0 Å². The van der Waals surface area contributed by atoms with Gasteiger partial charge in [0.1, 0.15) is 0 Å². The van der Waals surface area contributed by atoms with Crippen molar-refractivity contribution in [1.29, 1.82) is 0 Å². The van der Waals surface area contributed by atoms with E-state index in [0.717, 1.165) is 35.7 Å². The fourth-order valence-electron chi connectivity index (χ4n) is 3.96. The average molecular weight is 470 g/mol. The summed E-state index contributed by atoms with van der Waals surface area (Å²) in [6.45, 7) is 0.682. The highest BCUT2D eigenvalue weighted by Gasteiger charge is 2.26. The summed E-state index contributed by atoms with van der Waals surface area (Å²) >= 11 is 0. The Labute approximate surface area is 193 Å². The van der Waals surface area contributed by atoms with Crippen molar-refractivity contribution < 1.29 is 22.7 Å². The van der Waals surface area contributed by atoms with Gasteiger partial charge in [0.15, 0.2) is 6.61 Å². The first-order valence-electron chi connectivity index (χ1n) is 11.0. The molecule has 4 rings (SSSR count). The summed E-state index contributed by atoms with van der Waals surface area (Å²) in [5.74, 6) is -0.910. The maximum atomic E-state index is 12.6. The van der Waals surface area contributed by atoms with Crippen LogP contribution in [0.2, 0.25) is 0 Å². The Balaban J connectivity index is 1.20. The number of H-pyrrole nitrogens is 1. The van der Waals surface area contributed by atoms with E-state index in [4.69, 9.17) is 4.74 Å². The molecule has 1 amide bonds. The molecule has 0 bridgehead atoms. The molecular formula is C24H27N3O5S. The standard InChI is InChI=1S/C24H27N3O5S/c28-23(26-19-10-12-20(13-11-19)33(30,31)27-14-3-4-15-27)17-32-24(29)9-5-6-18-16-25-22-8-2-1-7-21(18)22/h1-2,7-8,10-13,16,25H,3-6,9,14-15,17H2,(H,26,28). The minimum Gasteiger partial charge on any atom is -0.456 e. The Morgan fingerprint density at radius 2 is 1.76 bits per heavy atom. The number of fused-ring (bicyclic) bond motifs is 1. The Hall–Kier alpha value is -3.17. The summed E-state index contributed by atoms with van der Waals surface area (Å²) in [4.78, 5) is 27.5. The van der Waals surface area contributed by atoms with E-state index in [9.17, 15) is 18.0 Å². The van der Waals surface area contributed by atoms with Crippen molar-refractivity contribution >= 4 is 38.5 Å². The minimum absolute atomic E-state index is 0.198. The van der Waals surface area contributed by atoms with E-state index in [1.54, 1.807) is 0 Å². The molecule has 0 saturated carbocycles. The first kappa shape index (κ1) is 23.0. The van der Waals surface area contributed by atoms with Gasteiger partial charge in [-0.2, -0.15) is 4.31 Å². The third kappa shape index (κ3) is 5.61. The number of hydrogen-bond donors (Lipinski definition) is 2. The number of nitrogens with zero attached hydrogens (tertiary/aromatic N) is 1. The van der Waals surface area contributed by atoms with E-state index in [1.807, 2.05) is 30.5 Å². The summed E-state index contributed by atoms with van der Waals surface area (Å²) < 4.78 is 31.6. The predicted octanol–water partition coefficient (Wildman–Crippen LogP) is 3.46. The van der Waals surface area contributed by atoms with Crippen LogP contribution in [0.4, 0.5) is 5.69 Å². The van der Waals surface area contributed by atoms with Crippen LogP contribution in [0.25, 0.3) is 10.9 Å². The van der Waals surface area contributed by atoms with Crippen LogP contribution in [0.15, 0.2) is 59.6 Å². The number of rotatable bonds is 9. The predicted molar refractivity (Wildman–Crippen MR) is 125 cm³/mol. The molecule has 33 heavy (non-hydrogen) atoms. The lowest BCUT2D eigenvalue weighted by atomic mass is 10.1. The number of aromatic nitrogens is 1. The van der Waals surface area contributed by atoms with E-state index in [1.165, 1.54) is 28.6 Å². The van der Waals surface area contributed by atoms with Crippen LogP contribution in [0.5, 0.6) is 0 Å². The SMILES string of the molecule is O=C(COC(=O)CCCc1c[nH]c2ccccc12)Nc1ccc(S(=O)(=O)N2CCCC2)cc1. The molecular weight excluding hydrogens is 442 g/mol. The number of carbonyl (C=O) groups excluding carboxylic acids is 2. The van der Waals surface area contributed by atoms with Crippen LogP contribution in [0.1, 0.15) is 31.2 Å².